The van der Waals surface area contributed by atoms with Crippen LogP contribution in [-0.4, -0.2) is 46.9 Å². The van der Waals surface area contributed by atoms with E-state index in [2.05, 4.69) is 5.32 Å². The molecule has 0 unspecified atom stereocenters. The number of hydrogen-bond acceptors (Lipinski definition) is 5. The van der Waals surface area contributed by atoms with E-state index in [4.69, 9.17) is 0 Å². The molecule has 0 atom stereocenters. The molecular weight excluding hydrogens is 341 g/mol. The van der Waals surface area contributed by atoms with Crippen LogP contribution >= 0.6 is 0 Å². The van der Waals surface area contributed by atoms with E-state index in [1.54, 1.807) is 4.57 Å². The summed E-state index contributed by atoms with van der Waals surface area (Å²) >= 11 is 0. The van der Waals surface area contributed by atoms with Crippen LogP contribution in [0.2, 0.25) is 0 Å². The Labute approximate surface area is 148 Å². The van der Waals surface area contributed by atoms with Gasteiger partial charge in [0.05, 0.1) is 17.8 Å². The maximum Gasteiger partial charge on any atom is 0.341 e. The normalized spacial score (nSPS) is 17.7. The fourth-order valence-electron chi connectivity index (χ4n) is 3.73. The van der Waals surface area contributed by atoms with Crippen LogP contribution in [0.25, 0.3) is 10.9 Å². The largest absolute Gasteiger partial charge is 0.477 e. The van der Waals surface area contributed by atoms with Crippen LogP contribution in [0, 0.1) is 5.82 Å². The molecule has 1 aliphatic heterocycles. The monoisotopic (exact) mass is 361 g/mol. The number of aliphatic hydroxyl groups excluding tert-OH is 1. The topological polar surface area (TPSA) is 94.8 Å². The number of carboxylic acid groups (broad SMARTS) is 1. The van der Waals surface area contributed by atoms with Gasteiger partial charge < -0.3 is 25.0 Å². The van der Waals surface area contributed by atoms with E-state index in [0.29, 0.717) is 42.9 Å². The van der Waals surface area contributed by atoms with Crippen molar-refractivity contribution in [3.8, 4) is 0 Å². The minimum Gasteiger partial charge on any atom is -0.477 e. The Morgan fingerprint density at radius 1 is 1.31 bits per heavy atom. The number of aromatic nitrogens is 1. The van der Waals surface area contributed by atoms with Crippen molar-refractivity contribution in [3.63, 3.8) is 0 Å². The van der Waals surface area contributed by atoms with Crippen LogP contribution in [0.1, 0.15) is 34.8 Å². The van der Waals surface area contributed by atoms with Crippen LogP contribution in [0.4, 0.5) is 10.1 Å². The number of halogens is 1. The predicted molar refractivity (Wildman–Crippen MR) is 94.4 cm³/mol. The lowest BCUT2D eigenvalue weighted by Crippen LogP contribution is -2.44. The first-order valence-corrected chi connectivity index (χ1v) is 8.73. The van der Waals surface area contributed by atoms with Gasteiger partial charge in [-0.05, 0) is 18.9 Å². The van der Waals surface area contributed by atoms with Crippen molar-refractivity contribution in [1.82, 2.24) is 9.88 Å². The molecule has 1 saturated carbocycles. The van der Waals surface area contributed by atoms with Crippen molar-refractivity contribution in [2.75, 3.05) is 31.1 Å². The molecule has 1 saturated heterocycles. The maximum absolute atomic E-state index is 14.9. The van der Waals surface area contributed by atoms with Gasteiger partial charge in [-0.1, -0.05) is 0 Å². The lowest BCUT2D eigenvalue weighted by Gasteiger charge is -2.32. The van der Waals surface area contributed by atoms with Gasteiger partial charge in [-0.3, -0.25) is 4.79 Å². The van der Waals surface area contributed by atoms with Crippen molar-refractivity contribution in [3.05, 3.63) is 39.4 Å². The SMILES string of the molecule is O=C(O)c1cn(C2CC2)c2c(CO)c(N3CCNCC3)c(F)cc2c1=O. The number of nitrogens with zero attached hydrogens (tertiary/aromatic N) is 2. The van der Waals surface area contributed by atoms with Gasteiger partial charge in [-0.2, -0.15) is 0 Å². The summed E-state index contributed by atoms with van der Waals surface area (Å²) in [7, 11) is 0. The molecule has 3 N–H and O–H groups in total. The highest BCUT2D eigenvalue weighted by Gasteiger charge is 2.30. The zero-order valence-electron chi connectivity index (χ0n) is 14.2. The van der Waals surface area contributed by atoms with Crippen LogP contribution in [0.15, 0.2) is 17.1 Å². The Morgan fingerprint density at radius 2 is 2.00 bits per heavy atom. The van der Waals surface area contributed by atoms with Crippen molar-refractivity contribution in [1.29, 1.82) is 0 Å². The van der Waals surface area contributed by atoms with Crippen LogP contribution < -0.4 is 15.6 Å². The van der Waals surface area contributed by atoms with Gasteiger partial charge in [0.1, 0.15) is 11.4 Å². The van der Waals surface area contributed by atoms with Crippen LogP contribution in [0.5, 0.6) is 0 Å². The van der Waals surface area contributed by atoms with Gasteiger partial charge in [0.15, 0.2) is 0 Å². The molecule has 2 aromatic rings. The molecule has 138 valence electrons. The second kappa shape index (κ2) is 6.37. The summed E-state index contributed by atoms with van der Waals surface area (Å²) in [5.41, 5.74) is 0.00798. The second-order valence-corrected chi connectivity index (χ2v) is 6.79. The van der Waals surface area contributed by atoms with Crippen LogP contribution in [-0.2, 0) is 6.61 Å². The summed E-state index contributed by atoms with van der Waals surface area (Å²) in [6, 6.07) is 1.20. The molecular formula is C18H20FN3O4. The Hall–Kier alpha value is -2.45. The Morgan fingerprint density at radius 3 is 2.58 bits per heavy atom. The van der Waals surface area contributed by atoms with E-state index in [-0.39, 0.29) is 17.0 Å². The second-order valence-electron chi connectivity index (χ2n) is 6.79. The number of anilines is 1. The number of piperazine rings is 1. The Balaban J connectivity index is 2.05. The molecule has 2 fully saturated rings. The highest BCUT2D eigenvalue weighted by atomic mass is 19.1. The summed E-state index contributed by atoms with van der Waals surface area (Å²) < 4.78 is 16.7. The minimum atomic E-state index is -1.33. The molecule has 1 aliphatic carbocycles. The van der Waals surface area contributed by atoms with Crippen molar-refractivity contribution < 1.29 is 19.4 Å². The number of aliphatic hydroxyl groups is 1. The average molecular weight is 361 g/mol. The van der Waals surface area contributed by atoms with Gasteiger partial charge in [0.25, 0.3) is 0 Å². The molecule has 1 aromatic heterocycles. The van der Waals surface area contributed by atoms with Crippen molar-refractivity contribution in [2.45, 2.75) is 25.5 Å². The predicted octanol–water partition coefficient (Wildman–Crippen LogP) is 1.08. The van der Waals surface area contributed by atoms with Gasteiger partial charge in [-0.15, -0.1) is 0 Å². The first kappa shape index (κ1) is 17.0. The lowest BCUT2D eigenvalue weighted by atomic mass is 10.0. The van der Waals surface area contributed by atoms with Gasteiger partial charge >= 0.3 is 5.97 Å². The molecule has 0 bridgehead atoms. The standard InChI is InChI=1S/C18H20FN3O4/c19-14-7-11-15(13(9-23)16(14)21-5-3-20-4-6-21)22(10-1-2-10)8-12(17(11)24)18(25)26/h7-8,10,20,23H,1-6,9H2,(H,25,26). The lowest BCUT2D eigenvalue weighted by molar-refractivity contribution is 0.0695. The molecule has 0 radical (unpaired) electrons. The summed E-state index contributed by atoms with van der Waals surface area (Å²) in [5, 5.41) is 22.6. The van der Waals surface area contributed by atoms with E-state index < -0.39 is 23.8 Å². The fourth-order valence-corrected chi connectivity index (χ4v) is 3.73. The number of nitrogens with one attached hydrogen (secondary N) is 1. The number of carbonyl (C=O) groups is 1. The summed E-state index contributed by atoms with van der Waals surface area (Å²) in [5.74, 6) is -1.94. The highest BCUT2D eigenvalue weighted by molar-refractivity contribution is 5.95. The first-order chi connectivity index (χ1) is 12.5. The van der Waals surface area contributed by atoms with E-state index in [0.717, 1.165) is 18.9 Å². The zero-order valence-corrected chi connectivity index (χ0v) is 14.2. The number of fused-ring (bicyclic) bond motifs is 1. The van der Waals surface area contributed by atoms with E-state index in [1.807, 2.05) is 4.90 Å². The number of pyridine rings is 1. The molecule has 26 heavy (non-hydrogen) atoms. The Bertz CT molecular complexity index is 946. The molecule has 8 heteroatoms. The first-order valence-electron chi connectivity index (χ1n) is 8.73. The van der Waals surface area contributed by atoms with E-state index in [9.17, 15) is 24.2 Å². The van der Waals surface area contributed by atoms with E-state index in [1.165, 1.54) is 6.20 Å². The number of benzene rings is 1. The third kappa shape index (κ3) is 2.65. The quantitative estimate of drug-likeness (QED) is 0.754. The average Bonchev–Trinajstić information content (AvgIpc) is 3.47. The number of hydrogen-bond donors (Lipinski definition) is 3. The number of carboxylic acids is 1. The summed E-state index contributed by atoms with van der Waals surface area (Å²) in [4.78, 5) is 25.9. The molecule has 1 aromatic carbocycles. The Kier molecular flexibility index (Phi) is 4.16. The number of aromatic carboxylic acids is 1. The maximum atomic E-state index is 14.9. The third-order valence-corrected chi connectivity index (χ3v) is 5.10. The smallest absolute Gasteiger partial charge is 0.341 e. The highest BCUT2D eigenvalue weighted by Crippen LogP contribution is 2.40. The van der Waals surface area contributed by atoms with Crippen LogP contribution in [0.3, 0.4) is 0 Å². The van der Waals surface area contributed by atoms with E-state index >= 15 is 0 Å². The summed E-state index contributed by atoms with van der Waals surface area (Å²) in [6.45, 7) is 2.17. The molecule has 2 heterocycles. The van der Waals surface area contributed by atoms with Gasteiger partial charge in [0, 0.05) is 49.4 Å². The molecule has 4 rings (SSSR count). The minimum absolute atomic E-state index is 0.0113. The van der Waals surface area contributed by atoms with Crippen molar-refractivity contribution >= 4 is 22.6 Å². The third-order valence-electron chi connectivity index (χ3n) is 5.10. The van der Waals surface area contributed by atoms with Gasteiger partial charge in [-0.25, -0.2) is 9.18 Å². The number of rotatable bonds is 4. The molecule has 0 spiro atoms. The zero-order chi connectivity index (χ0) is 18.4. The molecule has 0 amide bonds. The van der Waals surface area contributed by atoms with Crippen molar-refractivity contribution in [2.24, 2.45) is 0 Å². The molecule has 2 aliphatic rings. The fraction of sp³-hybridized carbons (Fsp3) is 0.444. The molecule has 7 nitrogen and oxygen atoms in total. The summed E-state index contributed by atoms with van der Waals surface area (Å²) in [6.07, 6.45) is 3.06. The van der Waals surface area contributed by atoms with Gasteiger partial charge in [0.2, 0.25) is 5.43 Å².